The second-order valence-corrected chi connectivity index (χ2v) is 16.4. The molecule has 0 unspecified atom stereocenters. The van der Waals surface area contributed by atoms with E-state index in [0.29, 0.717) is 84.0 Å². The van der Waals surface area contributed by atoms with Crippen molar-refractivity contribution in [1.29, 1.82) is 0 Å². The number of benzene rings is 1. The second kappa shape index (κ2) is 31.1. The molecule has 1 aromatic heterocycles. The lowest BCUT2D eigenvalue weighted by Gasteiger charge is -2.46. The number of ether oxygens (including phenoxy) is 6. The van der Waals surface area contributed by atoms with Gasteiger partial charge >= 0.3 is 5.97 Å². The van der Waals surface area contributed by atoms with Gasteiger partial charge in [0, 0.05) is 56.4 Å². The van der Waals surface area contributed by atoms with E-state index in [-0.39, 0.29) is 50.6 Å². The highest BCUT2D eigenvalue weighted by atomic mass is 19.3. The molecule has 2 aliphatic heterocycles. The number of hydrogen-bond acceptors (Lipinski definition) is 18. The molecule has 1 fully saturated rings. The fraction of sp³-hybridized carbons (Fsp3) is 0.644. The fourth-order valence-electron chi connectivity index (χ4n) is 7.23. The number of unbranched alkanes of at least 4 members (excludes halogenated alkanes) is 3. The molecule has 0 bridgehead atoms. The van der Waals surface area contributed by atoms with Crippen LogP contribution in [0, 0.1) is 0 Å². The van der Waals surface area contributed by atoms with Crippen molar-refractivity contribution in [3.8, 4) is 0 Å². The lowest BCUT2D eigenvalue weighted by Crippen LogP contribution is -2.68. The summed E-state index contributed by atoms with van der Waals surface area (Å²) in [6, 6.07) is 3.51. The van der Waals surface area contributed by atoms with E-state index in [1.165, 1.54) is 36.4 Å². The normalized spacial score (nSPS) is 19.8. The summed E-state index contributed by atoms with van der Waals surface area (Å²) in [5, 5.41) is 68.1. The number of hydrogen-bond donors (Lipinski definition) is 8. The zero-order valence-corrected chi connectivity index (χ0v) is 39.2. The summed E-state index contributed by atoms with van der Waals surface area (Å²) in [4.78, 5) is 73.1. The average molecular weight is 1010 g/mol. The van der Waals surface area contributed by atoms with Gasteiger partial charge in [-0.25, -0.2) is 18.3 Å². The highest BCUT2D eigenvalue weighted by molar-refractivity contribution is 6.13. The zero-order chi connectivity index (χ0) is 51.6. The monoisotopic (exact) mass is 1010 g/mol. The zero-order valence-electron chi connectivity index (χ0n) is 39.2. The quantitative estimate of drug-likeness (QED) is 0.0279. The largest absolute Gasteiger partial charge is 0.477 e. The molecule has 1 aromatic carbocycles. The maximum Gasteiger partial charge on any atom is 0.364 e. The molecule has 2 aliphatic rings. The van der Waals surface area contributed by atoms with Gasteiger partial charge in [0.2, 0.25) is 17.7 Å². The number of aryl methyl sites for hydroxylation is 1. The van der Waals surface area contributed by atoms with Crippen LogP contribution >= 0.6 is 0 Å². The molecule has 4 rings (SSSR count). The Morgan fingerprint density at radius 1 is 0.817 bits per heavy atom. The molecule has 24 nitrogen and oxygen atoms in total. The molecule has 71 heavy (non-hydrogen) atoms. The Balaban J connectivity index is 1.04. The Morgan fingerprint density at radius 3 is 2.08 bits per heavy atom. The van der Waals surface area contributed by atoms with Gasteiger partial charge in [-0.15, -0.1) is 5.10 Å². The standard InChI is InChI=1S/C45H65F2N7O17/c46-43(47)31-8-6-30(7-9-31)25-36(59)49-27-34(57)41(63)42-40(50-37(60)29-55)33(56)26-45(71-42,44(64)65)70-16-4-2-1-3-5-32-28-53(52-51-32)15-18-67-20-22-69-24-23-68-21-19-66-17-13-48-35(58)12-14-54-38(61)10-11-39(54)62/h6-11,28,33-34,40-43,55-57,63H,1-5,12-27,29H2,(H,48,58)(H,49,59)(H,50,60)(H,64,65)/t33-,34+,40+,41+,42+,45+/m0/s1. The number of carbonyl (C=O) groups excluding carboxylic acids is 5. The molecule has 5 amide bonds. The van der Waals surface area contributed by atoms with Crippen LogP contribution in [-0.2, 0) is 76.6 Å². The van der Waals surface area contributed by atoms with Crippen molar-refractivity contribution in [3.63, 3.8) is 0 Å². The third-order valence-electron chi connectivity index (χ3n) is 11.1. The van der Waals surface area contributed by atoms with Gasteiger partial charge in [-0.3, -0.25) is 28.9 Å². The summed E-state index contributed by atoms with van der Waals surface area (Å²) in [6.07, 6.45) is -3.71. The van der Waals surface area contributed by atoms with Crippen LogP contribution in [0.3, 0.4) is 0 Å². The van der Waals surface area contributed by atoms with E-state index in [2.05, 4.69) is 26.3 Å². The maximum absolute atomic E-state index is 12.9. The van der Waals surface area contributed by atoms with E-state index in [1.807, 2.05) is 6.20 Å². The summed E-state index contributed by atoms with van der Waals surface area (Å²) >= 11 is 0. The average Bonchev–Trinajstić information content (AvgIpc) is 3.94. The number of carbonyl (C=O) groups is 6. The van der Waals surface area contributed by atoms with Crippen molar-refractivity contribution in [2.45, 2.75) is 101 Å². The first-order chi connectivity index (χ1) is 34.1. The van der Waals surface area contributed by atoms with Crippen molar-refractivity contribution in [1.82, 2.24) is 35.8 Å². The number of rotatable bonds is 36. The fourth-order valence-corrected chi connectivity index (χ4v) is 7.23. The van der Waals surface area contributed by atoms with Gasteiger partial charge in [-0.2, -0.15) is 0 Å². The first kappa shape index (κ1) is 58.2. The minimum atomic E-state index is -2.69. The molecule has 1 saturated heterocycles. The van der Waals surface area contributed by atoms with Crippen molar-refractivity contribution in [3.05, 3.63) is 59.4 Å². The van der Waals surface area contributed by atoms with E-state index in [9.17, 15) is 63.1 Å². The molecule has 0 aliphatic carbocycles. The smallest absolute Gasteiger partial charge is 0.364 e. The predicted molar refractivity (Wildman–Crippen MR) is 240 cm³/mol. The molecule has 0 radical (unpaired) electrons. The van der Waals surface area contributed by atoms with E-state index in [0.717, 1.165) is 17.0 Å². The van der Waals surface area contributed by atoms with Gasteiger partial charge in [0.1, 0.15) is 18.8 Å². The number of carboxylic acid groups (broad SMARTS) is 1. The van der Waals surface area contributed by atoms with Crippen LogP contribution in [0.4, 0.5) is 8.78 Å². The van der Waals surface area contributed by atoms with Crippen LogP contribution in [0.15, 0.2) is 42.6 Å². The number of nitrogens with one attached hydrogen (secondary N) is 3. The Morgan fingerprint density at radius 2 is 1.45 bits per heavy atom. The van der Waals surface area contributed by atoms with Crippen LogP contribution in [-0.4, -0.2) is 203 Å². The minimum Gasteiger partial charge on any atom is -0.477 e. The van der Waals surface area contributed by atoms with Crippen molar-refractivity contribution < 1.29 is 91.5 Å². The summed E-state index contributed by atoms with van der Waals surface area (Å²) in [6.45, 7) is 1.86. The lowest BCUT2D eigenvalue weighted by atomic mass is 9.88. The number of aliphatic hydroxyl groups excluding tert-OH is 4. The Labute approximate surface area is 407 Å². The Hall–Kier alpha value is -5.42. The molecular weight excluding hydrogens is 949 g/mol. The van der Waals surface area contributed by atoms with Gasteiger partial charge in [-0.05, 0) is 24.8 Å². The molecule has 8 N–H and O–H groups in total. The van der Waals surface area contributed by atoms with E-state index >= 15 is 0 Å². The maximum atomic E-state index is 12.9. The Bertz CT molecular complexity index is 2000. The third kappa shape index (κ3) is 20.3. The van der Waals surface area contributed by atoms with Gasteiger partial charge in [-0.1, -0.05) is 42.3 Å². The summed E-state index contributed by atoms with van der Waals surface area (Å²) in [5.41, 5.74) is 0.939. The van der Waals surface area contributed by atoms with Crippen molar-refractivity contribution in [2.24, 2.45) is 0 Å². The SMILES string of the molecule is O=C(CCN1C(=O)C=CC1=O)NCCOCCOCCOCCOCCn1cc(CCCCCCO[C@]2(C(=O)O)C[C@H](O)[C@@H](NC(=O)CO)[C@H]([C@H](O)[C@H](O)CNC(=O)Cc3ccc(C(F)F)cc3)O2)nn1. The Kier molecular flexibility index (Phi) is 25.5. The molecule has 2 aromatic rings. The van der Waals surface area contributed by atoms with Crippen LogP contribution in [0.5, 0.6) is 0 Å². The van der Waals surface area contributed by atoms with Gasteiger partial charge < -0.3 is 69.9 Å². The highest BCUT2D eigenvalue weighted by Gasteiger charge is 2.55. The molecule has 396 valence electrons. The number of amides is 5. The second-order valence-electron chi connectivity index (χ2n) is 16.4. The number of carboxylic acids is 1. The molecule has 0 spiro atoms. The summed E-state index contributed by atoms with van der Waals surface area (Å²) in [5.74, 6) is -6.92. The van der Waals surface area contributed by atoms with Gasteiger partial charge in [0.25, 0.3) is 24.0 Å². The number of aliphatic hydroxyl groups is 4. The van der Waals surface area contributed by atoms with Crippen LogP contribution in [0.1, 0.15) is 61.8 Å². The van der Waals surface area contributed by atoms with Crippen molar-refractivity contribution in [2.75, 3.05) is 85.7 Å². The number of alkyl halides is 2. The van der Waals surface area contributed by atoms with E-state index in [4.69, 9.17) is 28.4 Å². The first-order valence-electron chi connectivity index (χ1n) is 23.3. The van der Waals surface area contributed by atoms with E-state index in [1.54, 1.807) is 4.68 Å². The molecular formula is C45H65F2N7O17. The molecule has 3 heterocycles. The number of aliphatic carboxylic acids is 1. The third-order valence-corrected chi connectivity index (χ3v) is 11.1. The van der Waals surface area contributed by atoms with Gasteiger partial charge in [0.05, 0.1) is 96.4 Å². The summed E-state index contributed by atoms with van der Waals surface area (Å²) in [7, 11) is 0. The van der Waals surface area contributed by atoms with E-state index < -0.39 is 91.8 Å². The highest BCUT2D eigenvalue weighted by Crippen LogP contribution is 2.34. The summed E-state index contributed by atoms with van der Waals surface area (Å²) < 4.78 is 60.8. The van der Waals surface area contributed by atoms with Gasteiger partial charge in [0.15, 0.2) is 0 Å². The molecule has 26 heteroatoms. The van der Waals surface area contributed by atoms with Crippen LogP contribution in [0.25, 0.3) is 0 Å². The number of halogens is 2. The number of nitrogens with zero attached hydrogens (tertiary/aromatic N) is 4. The van der Waals surface area contributed by atoms with Crippen LogP contribution < -0.4 is 16.0 Å². The lowest BCUT2D eigenvalue weighted by molar-refractivity contribution is -0.310. The molecule has 0 saturated carbocycles. The number of imide groups is 1. The first-order valence-corrected chi connectivity index (χ1v) is 23.3. The topological polar surface area (TPSA) is 329 Å². The number of aromatic nitrogens is 3. The predicted octanol–water partition coefficient (Wildman–Crippen LogP) is -1.68. The molecule has 6 atom stereocenters. The van der Waals surface area contributed by atoms with Crippen LogP contribution in [0.2, 0.25) is 0 Å². The minimum absolute atomic E-state index is 0.0134. The van der Waals surface area contributed by atoms with Crippen molar-refractivity contribution >= 4 is 35.5 Å².